The number of fused-ring (bicyclic) bond motifs is 3. The van der Waals surface area contributed by atoms with Crippen LogP contribution in [0.4, 0.5) is 0 Å². The summed E-state index contributed by atoms with van der Waals surface area (Å²) in [6, 6.07) is 3.26. The first-order valence-corrected chi connectivity index (χ1v) is 4.14. The predicted molar refractivity (Wildman–Crippen MR) is 44.0 cm³/mol. The number of nitrogens with zero attached hydrogens (tertiary/aromatic N) is 2. The summed E-state index contributed by atoms with van der Waals surface area (Å²) in [5.41, 5.74) is 0.742. The highest BCUT2D eigenvalue weighted by Crippen LogP contribution is 2.35. The maximum absolute atomic E-state index is 11.1. The van der Waals surface area contributed by atoms with Crippen molar-refractivity contribution in [2.45, 2.75) is 0 Å². The minimum absolute atomic E-state index is 0.341. The van der Waals surface area contributed by atoms with Crippen molar-refractivity contribution in [2.24, 2.45) is 0 Å². The lowest BCUT2D eigenvalue weighted by molar-refractivity contribution is -0.782. The molecule has 14 heavy (non-hydrogen) atoms. The van der Waals surface area contributed by atoms with Crippen LogP contribution in [0, 0.1) is 5.21 Å². The van der Waals surface area contributed by atoms with Crippen molar-refractivity contribution in [2.75, 3.05) is 13.2 Å². The van der Waals surface area contributed by atoms with Crippen LogP contribution in [-0.4, -0.2) is 18.4 Å². The SMILES string of the molecule is [O-][n+]1onc2c3c(ccc21)OCCO3. The van der Waals surface area contributed by atoms with Crippen molar-refractivity contribution in [1.29, 1.82) is 0 Å². The Morgan fingerprint density at radius 3 is 3.07 bits per heavy atom. The fourth-order valence-corrected chi connectivity index (χ4v) is 1.45. The largest absolute Gasteiger partial charge is 0.486 e. The van der Waals surface area contributed by atoms with E-state index < -0.39 is 0 Å². The van der Waals surface area contributed by atoms with E-state index in [0.29, 0.717) is 40.6 Å². The van der Waals surface area contributed by atoms with Crippen molar-refractivity contribution in [1.82, 2.24) is 5.16 Å². The third-order valence-electron chi connectivity index (χ3n) is 2.06. The highest BCUT2D eigenvalue weighted by atomic mass is 16.8. The minimum atomic E-state index is 0.341. The first-order chi connectivity index (χ1) is 6.86. The molecule has 1 aromatic heterocycles. The van der Waals surface area contributed by atoms with E-state index in [-0.39, 0.29) is 0 Å². The summed E-state index contributed by atoms with van der Waals surface area (Å²) >= 11 is 0. The summed E-state index contributed by atoms with van der Waals surface area (Å²) in [4.78, 5) is 0.341. The fourth-order valence-electron chi connectivity index (χ4n) is 1.45. The summed E-state index contributed by atoms with van der Waals surface area (Å²) in [6.07, 6.45) is 0. The monoisotopic (exact) mass is 194 g/mol. The lowest BCUT2D eigenvalue weighted by atomic mass is 10.2. The van der Waals surface area contributed by atoms with E-state index in [1.54, 1.807) is 12.1 Å². The molecule has 6 heteroatoms. The highest BCUT2D eigenvalue weighted by molar-refractivity contribution is 5.81. The molecule has 0 saturated heterocycles. The zero-order chi connectivity index (χ0) is 9.54. The molecule has 0 fully saturated rings. The molecule has 2 aromatic rings. The predicted octanol–water partition coefficient (Wildman–Crippen LogP) is 0.232. The Hall–Kier alpha value is -1.98. The lowest BCUT2D eigenvalue weighted by Gasteiger charge is -2.16. The molecule has 0 unspecified atom stereocenters. The van der Waals surface area contributed by atoms with E-state index in [4.69, 9.17) is 9.47 Å². The van der Waals surface area contributed by atoms with Gasteiger partial charge in [0.25, 0.3) is 5.52 Å². The lowest BCUT2D eigenvalue weighted by Crippen LogP contribution is -2.22. The van der Waals surface area contributed by atoms with Crippen LogP contribution in [0.25, 0.3) is 11.0 Å². The number of hydrogen-bond donors (Lipinski definition) is 0. The molecule has 72 valence electrons. The van der Waals surface area contributed by atoms with Gasteiger partial charge in [0.1, 0.15) is 13.2 Å². The smallest absolute Gasteiger partial charge is 0.294 e. The van der Waals surface area contributed by atoms with Gasteiger partial charge in [-0.05, 0) is 17.0 Å². The third kappa shape index (κ3) is 0.847. The molecule has 2 heterocycles. The van der Waals surface area contributed by atoms with Gasteiger partial charge in [-0.3, -0.25) is 4.63 Å². The van der Waals surface area contributed by atoms with Gasteiger partial charge in [0.15, 0.2) is 5.75 Å². The molecule has 0 radical (unpaired) electrons. The molecular formula is C8H6N2O4. The van der Waals surface area contributed by atoms with Crippen molar-refractivity contribution in [3.05, 3.63) is 17.3 Å². The van der Waals surface area contributed by atoms with Gasteiger partial charge in [0.05, 0.1) is 5.16 Å². The van der Waals surface area contributed by atoms with Gasteiger partial charge in [-0.2, -0.15) is 0 Å². The van der Waals surface area contributed by atoms with E-state index in [1.807, 2.05) is 0 Å². The molecule has 0 N–H and O–H groups in total. The molecule has 1 aliphatic rings. The highest BCUT2D eigenvalue weighted by Gasteiger charge is 2.22. The molecule has 0 spiro atoms. The molecule has 0 saturated carbocycles. The first kappa shape index (κ1) is 7.43. The quantitative estimate of drug-likeness (QED) is 0.561. The normalized spacial score (nSPS) is 14.6. The second kappa shape index (κ2) is 2.50. The van der Waals surface area contributed by atoms with Crippen molar-refractivity contribution >= 4 is 11.0 Å². The fraction of sp³-hybridized carbons (Fsp3) is 0.250. The van der Waals surface area contributed by atoms with Crippen molar-refractivity contribution in [3.63, 3.8) is 0 Å². The Bertz CT molecular complexity index is 493. The maximum Gasteiger partial charge on any atom is 0.294 e. The maximum atomic E-state index is 11.1. The second-order valence-electron chi connectivity index (χ2n) is 2.89. The van der Waals surface area contributed by atoms with Gasteiger partial charge >= 0.3 is 0 Å². The van der Waals surface area contributed by atoms with Gasteiger partial charge in [-0.25, -0.2) is 0 Å². The molecule has 0 atom stereocenters. The van der Waals surface area contributed by atoms with Crippen LogP contribution in [0.15, 0.2) is 16.8 Å². The second-order valence-corrected chi connectivity index (χ2v) is 2.89. The molecular weight excluding hydrogens is 188 g/mol. The molecule has 0 aliphatic carbocycles. The number of aromatic nitrogens is 2. The first-order valence-electron chi connectivity index (χ1n) is 4.14. The average Bonchev–Trinajstić information content (AvgIpc) is 2.61. The molecule has 0 amide bonds. The van der Waals surface area contributed by atoms with E-state index in [0.717, 1.165) is 0 Å². The van der Waals surface area contributed by atoms with Crippen LogP contribution in [0.2, 0.25) is 0 Å². The van der Waals surface area contributed by atoms with E-state index >= 15 is 0 Å². The number of rotatable bonds is 0. The Morgan fingerprint density at radius 1 is 1.29 bits per heavy atom. The Kier molecular flexibility index (Phi) is 1.33. The van der Waals surface area contributed by atoms with Crippen LogP contribution >= 0.6 is 0 Å². The topological polar surface area (TPSA) is 71.4 Å². The average molecular weight is 194 g/mol. The zero-order valence-electron chi connectivity index (χ0n) is 7.10. The number of hydrogen-bond acceptors (Lipinski definition) is 5. The number of ether oxygens (including phenoxy) is 2. The summed E-state index contributed by atoms with van der Waals surface area (Å²) < 4.78 is 15.1. The zero-order valence-corrected chi connectivity index (χ0v) is 7.10. The van der Waals surface area contributed by atoms with Crippen LogP contribution in [0.1, 0.15) is 0 Å². The van der Waals surface area contributed by atoms with Gasteiger partial charge in [0.2, 0.25) is 11.3 Å². The molecule has 1 aliphatic heterocycles. The Balaban J connectivity index is 2.35. The minimum Gasteiger partial charge on any atom is -0.486 e. The van der Waals surface area contributed by atoms with E-state index in [1.165, 1.54) is 0 Å². The van der Waals surface area contributed by atoms with Crippen LogP contribution in [0.3, 0.4) is 0 Å². The summed E-state index contributed by atoms with van der Waals surface area (Å²) in [6.45, 7) is 0.964. The Labute approximate surface area is 78.2 Å². The third-order valence-corrected chi connectivity index (χ3v) is 2.06. The Morgan fingerprint density at radius 2 is 2.14 bits per heavy atom. The standard InChI is InChI=1S/C8H6N2O4/c11-10-5-1-2-6-8(7(5)9-14-10)13-4-3-12-6/h1-2H,3-4H2. The number of benzene rings is 1. The van der Waals surface area contributed by atoms with Gasteiger partial charge < -0.3 is 14.7 Å². The summed E-state index contributed by atoms with van der Waals surface area (Å²) in [5, 5.41) is 14.7. The summed E-state index contributed by atoms with van der Waals surface area (Å²) in [7, 11) is 0. The van der Waals surface area contributed by atoms with Gasteiger partial charge in [-0.1, -0.05) is 0 Å². The van der Waals surface area contributed by atoms with Gasteiger partial charge in [-0.15, -0.1) is 0 Å². The molecule has 0 bridgehead atoms. The molecule has 3 rings (SSSR count). The van der Waals surface area contributed by atoms with E-state index in [9.17, 15) is 5.21 Å². The van der Waals surface area contributed by atoms with Crippen molar-refractivity contribution < 1.29 is 19.0 Å². The van der Waals surface area contributed by atoms with Crippen LogP contribution in [-0.2, 0) is 0 Å². The summed E-state index contributed by atoms with van der Waals surface area (Å²) in [5.74, 6) is 1.07. The van der Waals surface area contributed by atoms with Crippen molar-refractivity contribution in [3.8, 4) is 11.5 Å². The molecule has 6 nitrogen and oxygen atoms in total. The molecule has 1 aromatic carbocycles. The van der Waals surface area contributed by atoms with Gasteiger partial charge in [0, 0.05) is 0 Å². The van der Waals surface area contributed by atoms with E-state index in [2.05, 4.69) is 9.79 Å². The van der Waals surface area contributed by atoms with Crippen LogP contribution in [0.5, 0.6) is 11.5 Å². The van der Waals surface area contributed by atoms with Crippen LogP contribution < -0.4 is 14.4 Å².